The third kappa shape index (κ3) is 9.35. The van der Waals surface area contributed by atoms with Crippen LogP contribution in [0.5, 0.6) is 11.6 Å². The Bertz CT molecular complexity index is 2760. The fourth-order valence-corrected chi connectivity index (χ4v) is 10.1. The molecule has 65 heavy (non-hydrogen) atoms. The van der Waals surface area contributed by atoms with Gasteiger partial charge in [-0.15, -0.1) is 0 Å². The number of halogens is 3. The van der Waals surface area contributed by atoms with Crippen LogP contribution in [0.4, 0.5) is 18.9 Å². The average molecular weight is 915 g/mol. The molecule has 2 aliphatic carbocycles. The van der Waals surface area contributed by atoms with E-state index in [4.69, 9.17) is 23.9 Å². The van der Waals surface area contributed by atoms with Gasteiger partial charge in [0.25, 0.3) is 11.8 Å². The minimum Gasteiger partial charge on any atom is -0.491 e. The van der Waals surface area contributed by atoms with Crippen LogP contribution in [0.25, 0.3) is 33.5 Å². The van der Waals surface area contributed by atoms with Crippen molar-refractivity contribution in [2.75, 3.05) is 11.9 Å². The van der Waals surface area contributed by atoms with Crippen LogP contribution in [-0.2, 0) is 30.6 Å². The standard InChI is InChI=1S/C47H49F3N6O8S/c1-27(2)62-32-20-14-28(15-21-32)41-52-39-35-11-8-9-13-38(35)64-40(39)43(53-41)63-33-24-37-42(57)54-46(45(59)55-65(60,61)34-22-23-34)25-30(46)10-6-4-3-5-7-12-36(44(58)56(37)26-33)51-31-18-16-29(17-19-31)47(48,49)50/h6,8-11,13-21,27,30,33-34,36-37,51H,3-5,7,12,22-26H2,1-2H3,(H,54,57)(H,55,59)/b10-6-/t30-,33-,36+,37+,46-/m1/s1. The number of fused-ring (bicyclic) bond motifs is 5. The van der Waals surface area contributed by atoms with E-state index in [1.54, 1.807) is 6.07 Å². The van der Waals surface area contributed by atoms with Gasteiger partial charge in [0.15, 0.2) is 5.82 Å². The summed E-state index contributed by atoms with van der Waals surface area (Å²) in [5, 5.41) is 6.05. The lowest BCUT2D eigenvalue weighted by molar-refractivity contribution is -0.140. The van der Waals surface area contributed by atoms with Crippen molar-refractivity contribution in [3.8, 4) is 23.0 Å². The Hall–Kier alpha value is -6.17. The van der Waals surface area contributed by atoms with Crippen molar-refractivity contribution in [3.05, 3.63) is 90.5 Å². The number of carbonyl (C=O) groups is 3. The molecule has 5 aromatic rings. The van der Waals surface area contributed by atoms with Gasteiger partial charge in [-0.3, -0.25) is 19.1 Å². The Balaban J connectivity index is 1.07. The first-order valence-corrected chi connectivity index (χ1v) is 23.5. The molecule has 4 heterocycles. The van der Waals surface area contributed by atoms with E-state index >= 15 is 0 Å². The summed E-state index contributed by atoms with van der Waals surface area (Å²) in [6.07, 6.45) is 2.20. The number of hydrogen-bond acceptors (Lipinski definition) is 11. The molecule has 4 aliphatic rings. The van der Waals surface area contributed by atoms with E-state index in [0.29, 0.717) is 72.1 Å². The summed E-state index contributed by atoms with van der Waals surface area (Å²) in [7, 11) is -3.96. The van der Waals surface area contributed by atoms with Gasteiger partial charge in [-0.2, -0.15) is 18.2 Å². The molecule has 0 spiro atoms. The Morgan fingerprint density at radius 2 is 1.72 bits per heavy atom. The van der Waals surface area contributed by atoms with Crippen molar-refractivity contribution in [3.63, 3.8) is 0 Å². The maximum Gasteiger partial charge on any atom is 0.416 e. The van der Waals surface area contributed by atoms with Gasteiger partial charge < -0.3 is 29.4 Å². The zero-order valence-electron chi connectivity index (χ0n) is 35.8. The molecule has 18 heteroatoms. The fourth-order valence-electron chi connectivity index (χ4n) is 8.69. The monoisotopic (exact) mass is 914 g/mol. The first kappa shape index (κ1) is 44.1. The van der Waals surface area contributed by atoms with E-state index < -0.39 is 74.4 Å². The van der Waals surface area contributed by atoms with Crippen LogP contribution in [0.15, 0.2) is 89.4 Å². The van der Waals surface area contributed by atoms with Crippen molar-refractivity contribution >= 4 is 55.5 Å². The highest BCUT2D eigenvalue weighted by molar-refractivity contribution is 7.91. The van der Waals surface area contributed by atoms with Crippen molar-refractivity contribution in [1.82, 2.24) is 24.9 Å². The Morgan fingerprint density at radius 1 is 0.969 bits per heavy atom. The molecule has 3 fully saturated rings. The topological polar surface area (TPSA) is 182 Å². The number of rotatable bonds is 10. The number of nitrogens with zero attached hydrogens (tertiary/aromatic N) is 3. The summed E-state index contributed by atoms with van der Waals surface area (Å²) in [4.78, 5) is 54.6. The first-order chi connectivity index (χ1) is 31.1. The molecule has 3 N–H and O–H groups in total. The number of nitrogens with one attached hydrogen (secondary N) is 3. The van der Waals surface area contributed by atoms with Crippen LogP contribution in [0.2, 0.25) is 0 Å². The number of furan rings is 1. The number of ether oxygens (including phenoxy) is 2. The van der Waals surface area contributed by atoms with Gasteiger partial charge in [-0.1, -0.05) is 37.1 Å². The van der Waals surface area contributed by atoms with E-state index in [0.717, 1.165) is 18.6 Å². The predicted molar refractivity (Wildman–Crippen MR) is 235 cm³/mol. The van der Waals surface area contributed by atoms with Gasteiger partial charge >= 0.3 is 6.18 Å². The SMILES string of the molecule is CC(C)Oc1ccc(-c2nc(O[C@@H]3C[C@H]4C(=O)N[C@]5(C(=O)NS(=O)(=O)C6CC6)C[C@H]5/C=C\CCCCC[C@H](Nc5ccc(C(F)(F)F)cc5)C(=O)N4C3)c3oc4ccccc4c3n2)cc1. The van der Waals surface area contributed by atoms with Gasteiger partial charge in [-0.25, -0.2) is 13.4 Å². The predicted octanol–water partition coefficient (Wildman–Crippen LogP) is 7.68. The molecule has 1 saturated heterocycles. The van der Waals surface area contributed by atoms with Gasteiger partial charge in [0.2, 0.25) is 27.4 Å². The minimum atomic E-state index is -4.56. The number of para-hydroxylation sites is 1. The quantitative estimate of drug-likeness (QED) is 0.117. The van der Waals surface area contributed by atoms with Gasteiger partial charge in [0, 0.05) is 29.0 Å². The van der Waals surface area contributed by atoms with Crippen molar-refractivity contribution < 1.29 is 49.9 Å². The fraction of sp³-hybridized carbons (Fsp3) is 0.426. The second-order valence-electron chi connectivity index (χ2n) is 17.6. The molecular weight excluding hydrogens is 866 g/mol. The van der Waals surface area contributed by atoms with Gasteiger partial charge in [0.05, 0.1) is 23.5 Å². The third-order valence-corrected chi connectivity index (χ3v) is 14.2. The smallest absolute Gasteiger partial charge is 0.416 e. The van der Waals surface area contributed by atoms with E-state index in [-0.39, 0.29) is 42.6 Å². The summed E-state index contributed by atoms with van der Waals surface area (Å²) in [5.74, 6) is -1.49. The molecule has 9 rings (SSSR count). The second kappa shape index (κ2) is 17.3. The van der Waals surface area contributed by atoms with Crippen molar-refractivity contribution in [2.45, 2.75) is 113 Å². The number of carbonyl (C=O) groups excluding carboxylic acids is 3. The number of sulfonamides is 1. The molecule has 3 aromatic carbocycles. The zero-order chi connectivity index (χ0) is 45.7. The number of allylic oxidation sites excluding steroid dienone is 1. The van der Waals surface area contributed by atoms with E-state index in [1.807, 2.05) is 68.5 Å². The van der Waals surface area contributed by atoms with Crippen LogP contribution in [-0.4, -0.2) is 82.6 Å². The molecular formula is C47H49F3N6O8S. The summed E-state index contributed by atoms with van der Waals surface area (Å²) in [6.45, 7) is 3.74. The summed E-state index contributed by atoms with van der Waals surface area (Å²) in [6, 6.07) is 16.8. The Kier molecular flexibility index (Phi) is 11.7. The third-order valence-electron chi connectivity index (χ3n) is 12.3. The maximum atomic E-state index is 14.9. The lowest BCUT2D eigenvalue weighted by Crippen LogP contribution is -2.57. The second-order valence-corrected chi connectivity index (χ2v) is 19.5. The van der Waals surface area contributed by atoms with Crippen LogP contribution in [0, 0.1) is 5.92 Å². The lowest BCUT2D eigenvalue weighted by atomic mass is 10.0. The molecule has 3 amide bonds. The normalized spacial score (nSPS) is 24.7. The average Bonchev–Trinajstić information content (AvgIpc) is 4.17. The number of anilines is 1. The molecule has 2 saturated carbocycles. The van der Waals surface area contributed by atoms with Crippen LogP contribution >= 0.6 is 0 Å². The summed E-state index contributed by atoms with van der Waals surface area (Å²) >= 11 is 0. The maximum absolute atomic E-state index is 14.9. The number of benzene rings is 3. The molecule has 0 radical (unpaired) electrons. The molecule has 0 unspecified atom stereocenters. The number of amides is 3. The number of alkyl halides is 3. The molecule has 14 nitrogen and oxygen atoms in total. The number of aromatic nitrogens is 2. The highest BCUT2D eigenvalue weighted by atomic mass is 32.2. The van der Waals surface area contributed by atoms with E-state index in [1.165, 1.54) is 17.0 Å². The molecule has 2 aromatic heterocycles. The highest BCUT2D eigenvalue weighted by Crippen LogP contribution is 2.46. The Morgan fingerprint density at radius 3 is 2.45 bits per heavy atom. The van der Waals surface area contributed by atoms with E-state index in [9.17, 15) is 36.0 Å². The molecule has 5 atom stereocenters. The number of hydrogen-bond donors (Lipinski definition) is 3. The van der Waals surface area contributed by atoms with Crippen molar-refractivity contribution in [1.29, 1.82) is 0 Å². The molecule has 2 aliphatic heterocycles. The lowest BCUT2D eigenvalue weighted by Gasteiger charge is -2.30. The molecule has 342 valence electrons. The van der Waals surface area contributed by atoms with Crippen molar-refractivity contribution in [2.24, 2.45) is 5.92 Å². The highest BCUT2D eigenvalue weighted by Gasteiger charge is 2.62. The van der Waals surface area contributed by atoms with Gasteiger partial charge in [-0.05, 0) is 113 Å². The minimum absolute atomic E-state index is 0.0371. The first-order valence-electron chi connectivity index (χ1n) is 22.0. The zero-order valence-corrected chi connectivity index (χ0v) is 36.6. The van der Waals surface area contributed by atoms with Crippen LogP contribution < -0.4 is 24.8 Å². The summed E-state index contributed by atoms with van der Waals surface area (Å²) in [5.41, 5.74) is -0.230. The summed E-state index contributed by atoms with van der Waals surface area (Å²) < 4.78 is 87.4. The largest absolute Gasteiger partial charge is 0.491 e. The Labute approximate surface area is 373 Å². The van der Waals surface area contributed by atoms with Crippen LogP contribution in [0.1, 0.15) is 77.2 Å². The van der Waals surface area contributed by atoms with E-state index in [2.05, 4.69) is 15.4 Å². The van der Waals surface area contributed by atoms with Crippen LogP contribution in [0.3, 0.4) is 0 Å². The molecule has 0 bridgehead atoms. The van der Waals surface area contributed by atoms with Gasteiger partial charge in [0.1, 0.15) is 40.6 Å².